The highest BCUT2D eigenvalue weighted by Gasteiger charge is 2.36. The molecule has 0 unspecified atom stereocenters. The Kier molecular flexibility index (Phi) is 6.09. The molecule has 0 heterocycles. The van der Waals surface area contributed by atoms with Gasteiger partial charge in [-0.3, -0.25) is 0 Å². The van der Waals surface area contributed by atoms with E-state index in [1.807, 2.05) is 0 Å². The second-order valence-corrected chi connectivity index (χ2v) is 6.34. The fraction of sp³-hybridized carbons (Fsp3) is 1.00. The quantitative estimate of drug-likeness (QED) is 0.656. The van der Waals surface area contributed by atoms with Gasteiger partial charge in [-0.2, -0.15) is 0 Å². The third kappa shape index (κ3) is 3.69. The summed E-state index contributed by atoms with van der Waals surface area (Å²) in [7, 11) is 0. The lowest BCUT2D eigenvalue weighted by Crippen LogP contribution is -2.54. The molecule has 3 nitrogen and oxygen atoms in total. The molecule has 0 aliphatic heterocycles. The van der Waals surface area contributed by atoms with Crippen molar-refractivity contribution in [3.8, 4) is 0 Å². The van der Waals surface area contributed by atoms with E-state index in [1.54, 1.807) is 0 Å². The Balaban J connectivity index is 2.58. The van der Waals surface area contributed by atoms with Crippen molar-refractivity contribution in [2.75, 3.05) is 19.8 Å². The van der Waals surface area contributed by atoms with Crippen LogP contribution in [0.1, 0.15) is 59.3 Å². The second-order valence-electron chi connectivity index (χ2n) is 6.34. The minimum Gasteiger partial charge on any atom is -0.396 e. The molecule has 0 aromatic heterocycles. The molecule has 0 amide bonds. The summed E-state index contributed by atoms with van der Waals surface area (Å²) in [5, 5.41) is 22.9. The van der Waals surface area contributed by atoms with Crippen molar-refractivity contribution in [3.05, 3.63) is 0 Å². The molecule has 0 spiro atoms. The van der Waals surface area contributed by atoms with E-state index in [9.17, 15) is 10.2 Å². The summed E-state index contributed by atoms with van der Waals surface area (Å²) in [6.45, 7) is 7.81. The second kappa shape index (κ2) is 6.88. The smallest absolute Gasteiger partial charge is 0.0613 e. The van der Waals surface area contributed by atoms with Crippen LogP contribution in [0.15, 0.2) is 0 Å². The maximum absolute atomic E-state index is 9.72. The van der Waals surface area contributed by atoms with E-state index < -0.39 is 0 Å². The molecule has 0 saturated heterocycles. The Hall–Kier alpha value is -0.120. The van der Waals surface area contributed by atoms with Gasteiger partial charge in [0.25, 0.3) is 0 Å². The Labute approximate surface area is 112 Å². The van der Waals surface area contributed by atoms with Crippen molar-refractivity contribution < 1.29 is 10.2 Å². The Morgan fingerprint density at radius 3 is 2.11 bits per heavy atom. The number of nitrogens with one attached hydrogen (secondary N) is 1. The monoisotopic (exact) mass is 257 g/mol. The van der Waals surface area contributed by atoms with Crippen LogP contribution in [0, 0.1) is 11.3 Å². The first-order valence-corrected chi connectivity index (χ1v) is 7.52. The summed E-state index contributed by atoms with van der Waals surface area (Å²) in [4.78, 5) is 0. The summed E-state index contributed by atoms with van der Waals surface area (Å²) < 4.78 is 0. The van der Waals surface area contributed by atoms with E-state index in [1.165, 1.54) is 12.8 Å². The molecular formula is C15H31NO2. The van der Waals surface area contributed by atoms with Crippen LogP contribution in [-0.2, 0) is 0 Å². The fourth-order valence-electron chi connectivity index (χ4n) is 2.86. The highest BCUT2D eigenvalue weighted by molar-refractivity contribution is 4.94. The normalized spacial score (nSPS) is 29.5. The van der Waals surface area contributed by atoms with Crippen molar-refractivity contribution in [1.29, 1.82) is 0 Å². The van der Waals surface area contributed by atoms with Crippen molar-refractivity contribution >= 4 is 0 Å². The van der Waals surface area contributed by atoms with Crippen molar-refractivity contribution in [2.24, 2.45) is 11.3 Å². The van der Waals surface area contributed by atoms with E-state index in [0.717, 1.165) is 38.1 Å². The number of hydrogen-bond acceptors (Lipinski definition) is 3. The first-order valence-electron chi connectivity index (χ1n) is 7.52. The van der Waals surface area contributed by atoms with Crippen LogP contribution in [0.3, 0.4) is 0 Å². The summed E-state index contributed by atoms with van der Waals surface area (Å²) in [5.41, 5.74) is -0.123. The first-order chi connectivity index (χ1) is 8.55. The number of aliphatic hydroxyl groups excluding tert-OH is 2. The van der Waals surface area contributed by atoms with Gasteiger partial charge in [-0.1, -0.05) is 20.8 Å². The van der Waals surface area contributed by atoms with Gasteiger partial charge >= 0.3 is 0 Å². The molecule has 1 aliphatic carbocycles. The first kappa shape index (κ1) is 15.9. The average Bonchev–Trinajstić information content (AvgIpc) is 2.43. The molecule has 0 aromatic carbocycles. The highest BCUT2D eigenvalue weighted by Crippen LogP contribution is 2.33. The van der Waals surface area contributed by atoms with Crippen LogP contribution in [0.25, 0.3) is 0 Å². The van der Waals surface area contributed by atoms with Crippen LogP contribution in [-0.4, -0.2) is 35.5 Å². The summed E-state index contributed by atoms with van der Waals surface area (Å²) >= 11 is 0. The maximum Gasteiger partial charge on any atom is 0.0613 e. The molecule has 1 fully saturated rings. The van der Waals surface area contributed by atoms with Gasteiger partial charge in [-0.25, -0.2) is 0 Å². The Bertz CT molecular complexity index is 222. The molecule has 0 bridgehead atoms. The van der Waals surface area contributed by atoms with Gasteiger partial charge in [0.15, 0.2) is 0 Å². The van der Waals surface area contributed by atoms with Crippen molar-refractivity contribution in [1.82, 2.24) is 5.32 Å². The van der Waals surface area contributed by atoms with Crippen LogP contribution in [0.2, 0.25) is 0 Å². The van der Waals surface area contributed by atoms with E-state index in [2.05, 4.69) is 26.1 Å². The minimum absolute atomic E-state index is 0.0226. The molecule has 108 valence electrons. The van der Waals surface area contributed by atoms with E-state index in [-0.39, 0.29) is 24.2 Å². The Morgan fingerprint density at radius 1 is 1.17 bits per heavy atom. The zero-order valence-electron chi connectivity index (χ0n) is 12.3. The summed E-state index contributed by atoms with van der Waals surface area (Å²) in [6.07, 6.45) is 6.45. The minimum atomic E-state index is -0.0999. The van der Waals surface area contributed by atoms with Gasteiger partial charge in [0.05, 0.1) is 6.61 Å². The van der Waals surface area contributed by atoms with Gasteiger partial charge in [0.1, 0.15) is 0 Å². The fourth-order valence-corrected chi connectivity index (χ4v) is 2.86. The van der Waals surface area contributed by atoms with E-state index >= 15 is 0 Å². The van der Waals surface area contributed by atoms with Crippen molar-refractivity contribution in [3.63, 3.8) is 0 Å². The molecule has 1 rings (SSSR count). The predicted octanol–water partition coefficient (Wildman–Crippen LogP) is 2.32. The maximum atomic E-state index is 9.72. The molecule has 3 N–H and O–H groups in total. The lowest BCUT2D eigenvalue weighted by atomic mass is 9.76. The highest BCUT2D eigenvalue weighted by atomic mass is 16.3. The van der Waals surface area contributed by atoms with Crippen LogP contribution in [0.5, 0.6) is 0 Å². The molecule has 1 aliphatic rings. The average molecular weight is 257 g/mol. The van der Waals surface area contributed by atoms with Crippen LogP contribution in [0.4, 0.5) is 0 Å². The molecule has 0 radical (unpaired) electrons. The van der Waals surface area contributed by atoms with Gasteiger partial charge < -0.3 is 15.5 Å². The van der Waals surface area contributed by atoms with Crippen LogP contribution < -0.4 is 5.32 Å². The van der Waals surface area contributed by atoms with E-state index in [0.29, 0.717) is 0 Å². The third-order valence-electron chi connectivity index (χ3n) is 5.21. The molecule has 0 atom stereocenters. The predicted molar refractivity (Wildman–Crippen MR) is 75.6 cm³/mol. The molecular weight excluding hydrogens is 226 g/mol. The summed E-state index contributed by atoms with van der Waals surface area (Å²) in [5.74, 6) is 0.784. The largest absolute Gasteiger partial charge is 0.396 e. The van der Waals surface area contributed by atoms with Gasteiger partial charge in [-0.15, -0.1) is 0 Å². The molecule has 1 saturated carbocycles. The van der Waals surface area contributed by atoms with Crippen LogP contribution >= 0.6 is 0 Å². The lowest BCUT2D eigenvalue weighted by Gasteiger charge is -2.42. The van der Waals surface area contributed by atoms with Gasteiger partial charge in [0.2, 0.25) is 0 Å². The van der Waals surface area contributed by atoms with Crippen molar-refractivity contribution in [2.45, 2.75) is 64.8 Å². The number of rotatable bonds is 7. The zero-order chi connectivity index (χ0) is 13.6. The molecule has 0 aromatic rings. The molecule has 18 heavy (non-hydrogen) atoms. The number of aliphatic hydroxyl groups is 2. The SMILES string of the molecule is CCC(CC)(CO)CNC1(CO)CCC(C)CC1. The molecule has 3 heteroatoms. The third-order valence-corrected chi connectivity index (χ3v) is 5.21. The van der Waals surface area contributed by atoms with Gasteiger partial charge in [-0.05, 0) is 44.4 Å². The topological polar surface area (TPSA) is 52.5 Å². The Morgan fingerprint density at radius 2 is 1.72 bits per heavy atom. The zero-order valence-corrected chi connectivity index (χ0v) is 12.3. The standard InChI is InChI=1S/C15H31NO2/c1-4-14(5-2,11-17)10-16-15(12-18)8-6-13(3)7-9-15/h13,16-18H,4-12H2,1-3H3. The lowest BCUT2D eigenvalue weighted by molar-refractivity contribution is 0.0631. The summed E-state index contributed by atoms with van der Waals surface area (Å²) in [6, 6.07) is 0. The van der Waals surface area contributed by atoms with Gasteiger partial charge in [0, 0.05) is 24.1 Å². The van der Waals surface area contributed by atoms with E-state index in [4.69, 9.17) is 0 Å². The number of hydrogen-bond donors (Lipinski definition) is 3.